The number of aromatic amines is 1. The van der Waals surface area contributed by atoms with Crippen LogP contribution in [0.15, 0.2) is 35.4 Å². The number of benzene rings is 1. The number of nitrogens with one attached hydrogen (secondary N) is 1. The summed E-state index contributed by atoms with van der Waals surface area (Å²) in [6, 6.07) is 7.55. The summed E-state index contributed by atoms with van der Waals surface area (Å²) in [5.74, 6) is 2.31. The first kappa shape index (κ1) is 16.6. The van der Waals surface area contributed by atoms with Crippen LogP contribution in [0, 0.1) is 0 Å². The van der Waals surface area contributed by atoms with Crippen molar-refractivity contribution in [3.63, 3.8) is 0 Å². The molecule has 1 aliphatic rings. The molecule has 26 heavy (non-hydrogen) atoms. The van der Waals surface area contributed by atoms with Gasteiger partial charge in [-0.15, -0.1) is 0 Å². The van der Waals surface area contributed by atoms with Crippen LogP contribution < -0.4 is 15.0 Å². The Morgan fingerprint density at radius 1 is 1.31 bits per heavy atom. The highest BCUT2D eigenvalue weighted by molar-refractivity contribution is 5.48. The second kappa shape index (κ2) is 6.80. The molecular formula is C18H21N5O3. The average molecular weight is 355 g/mol. The van der Waals surface area contributed by atoms with Gasteiger partial charge in [0.05, 0.1) is 19.9 Å². The molecule has 136 valence electrons. The van der Waals surface area contributed by atoms with E-state index in [0.717, 1.165) is 42.3 Å². The van der Waals surface area contributed by atoms with E-state index in [2.05, 4.69) is 26.0 Å². The van der Waals surface area contributed by atoms with E-state index >= 15 is 0 Å². The zero-order valence-electron chi connectivity index (χ0n) is 14.8. The smallest absolute Gasteiger partial charge is 0.274 e. The third-order valence-corrected chi connectivity index (χ3v) is 4.85. The summed E-state index contributed by atoms with van der Waals surface area (Å²) >= 11 is 0. The summed E-state index contributed by atoms with van der Waals surface area (Å²) in [4.78, 5) is 22.9. The van der Waals surface area contributed by atoms with Crippen LogP contribution in [0.4, 0.5) is 0 Å². The lowest BCUT2D eigenvalue weighted by Gasteiger charge is -2.18. The molecule has 0 saturated carbocycles. The fourth-order valence-electron chi connectivity index (χ4n) is 3.64. The fraction of sp³-hybridized carbons (Fsp3) is 0.389. The van der Waals surface area contributed by atoms with Crippen molar-refractivity contribution in [1.82, 2.24) is 24.5 Å². The normalized spacial score (nSPS) is 17.7. The van der Waals surface area contributed by atoms with Crippen molar-refractivity contribution in [2.45, 2.75) is 18.9 Å². The minimum absolute atomic E-state index is 0.146. The second-order valence-electron chi connectivity index (χ2n) is 6.41. The zero-order chi connectivity index (χ0) is 18.1. The maximum absolute atomic E-state index is 12.1. The number of H-pyrrole nitrogens is 1. The van der Waals surface area contributed by atoms with Gasteiger partial charge in [0, 0.05) is 30.6 Å². The predicted molar refractivity (Wildman–Crippen MR) is 95.8 cm³/mol. The number of nitrogens with zero attached hydrogens (tertiary/aromatic N) is 4. The number of aromatic nitrogens is 4. The number of ether oxygens (including phenoxy) is 2. The van der Waals surface area contributed by atoms with Gasteiger partial charge in [0.1, 0.15) is 6.33 Å². The van der Waals surface area contributed by atoms with Crippen molar-refractivity contribution in [3.05, 3.63) is 52.2 Å². The molecule has 0 aliphatic carbocycles. The monoisotopic (exact) mass is 355 g/mol. The van der Waals surface area contributed by atoms with Crippen LogP contribution >= 0.6 is 0 Å². The van der Waals surface area contributed by atoms with Gasteiger partial charge in [0.15, 0.2) is 11.5 Å². The van der Waals surface area contributed by atoms with Gasteiger partial charge in [-0.2, -0.15) is 4.52 Å². The Balaban J connectivity index is 1.53. The first-order chi connectivity index (χ1) is 12.7. The number of rotatable bonds is 5. The lowest BCUT2D eigenvalue weighted by molar-refractivity contribution is 0.319. The molecule has 0 amide bonds. The van der Waals surface area contributed by atoms with Crippen LogP contribution in [0.3, 0.4) is 0 Å². The molecule has 1 atom stereocenters. The van der Waals surface area contributed by atoms with Crippen molar-refractivity contribution >= 4 is 5.78 Å². The van der Waals surface area contributed by atoms with Crippen LogP contribution in [0.25, 0.3) is 5.78 Å². The summed E-state index contributed by atoms with van der Waals surface area (Å²) in [6.45, 7) is 2.44. The van der Waals surface area contributed by atoms with Crippen molar-refractivity contribution in [1.29, 1.82) is 0 Å². The number of fused-ring (bicyclic) bond motifs is 1. The molecule has 1 aliphatic heterocycles. The highest BCUT2D eigenvalue weighted by Gasteiger charge is 2.27. The van der Waals surface area contributed by atoms with Crippen LogP contribution in [0.2, 0.25) is 0 Å². The quantitative estimate of drug-likeness (QED) is 0.745. The number of methoxy groups -OCH3 is 2. The zero-order valence-corrected chi connectivity index (χ0v) is 14.8. The van der Waals surface area contributed by atoms with Crippen LogP contribution in [-0.2, 0) is 6.54 Å². The number of hydrogen-bond donors (Lipinski definition) is 1. The van der Waals surface area contributed by atoms with Crippen LogP contribution in [0.5, 0.6) is 11.5 Å². The molecule has 3 heterocycles. The van der Waals surface area contributed by atoms with Crippen molar-refractivity contribution in [3.8, 4) is 11.5 Å². The number of hydrogen-bond acceptors (Lipinski definition) is 6. The van der Waals surface area contributed by atoms with E-state index in [1.807, 2.05) is 12.1 Å². The molecule has 3 aromatic rings. The van der Waals surface area contributed by atoms with E-state index in [1.165, 1.54) is 10.8 Å². The largest absolute Gasteiger partial charge is 0.493 e. The summed E-state index contributed by atoms with van der Waals surface area (Å²) in [5, 5.41) is 2.75. The molecule has 2 aromatic heterocycles. The third-order valence-electron chi connectivity index (χ3n) is 4.85. The van der Waals surface area contributed by atoms with Gasteiger partial charge in [-0.05, 0) is 19.0 Å². The van der Waals surface area contributed by atoms with E-state index in [9.17, 15) is 4.79 Å². The summed E-state index contributed by atoms with van der Waals surface area (Å²) < 4.78 is 12.3. The van der Waals surface area contributed by atoms with E-state index in [0.29, 0.717) is 18.2 Å². The summed E-state index contributed by atoms with van der Waals surface area (Å²) in [6.07, 6.45) is 2.49. The number of likely N-dealkylation sites (tertiary alicyclic amines) is 1. The molecule has 1 N–H and O–H groups in total. The van der Waals surface area contributed by atoms with Gasteiger partial charge in [-0.25, -0.2) is 9.97 Å². The molecule has 1 aromatic carbocycles. The molecule has 1 unspecified atom stereocenters. The van der Waals surface area contributed by atoms with E-state index in [1.54, 1.807) is 20.3 Å². The highest BCUT2D eigenvalue weighted by atomic mass is 16.5. The molecule has 8 heteroatoms. The first-order valence-electron chi connectivity index (χ1n) is 8.55. The SMILES string of the molecule is COc1cccc(C2CCN(Cc3cc(=O)n4[nH]cnc4n3)C2)c1OC. The predicted octanol–water partition coefficient (Wildman–Crippen LogP) is 1.42. The van der Waals surface area contributed by atoms with Gasteiger partial charge in [-0.1, -0.05) is 12.1 Å². The minimum Gasteiger partial charge on any atom is -0.493 e. The molecule has 0 spiro atoms. The molecule has 8 nitrogen and oxygen atoms in total. The Morgan fingerprint density at radius 3 is 3.00 bits per heavy atom. The highest BCUT2D eigenvalue weighted by Crippen LogP contribution is 2.39. The first-order valence-corrected chi connectivity index (χ1v) is 8.55. The van der Waals surface area contributed by atoms with Gasteiger partial charge >= 0.3 is 0 Å². The lowest BCUT2D eigenvalue weighted by atomic mass is 9.97. The van der Waals surface area contributed by atoms with Crippen LogP contribution in [-0.4, -0.2) is 51.8 Å². The second-order valence-corrected chi connectivity index (χ2v) is 6.41. The van der Waals surface area contributed by atoms with Crippen molar-refractivity contribution < 1.29 is 9.47 Å². The lowest BCUT2D eigenvalue weighted by Crippen LogP contribution is -2.23. The molecule has 1 fully saturated rings. The Labute approximate surface area is 150 Å². The van der Waals surface area contributed by atoms with Gasteiger partial charge in [-0.3, -0.25) is 14.8 Å². The summed E-state index contributed by atoms with van der Waals surface area (Å²) in [5.41, 5.74) is 1.75. The Morgan fingerprint density at radius 2 is 2.19 bits per heavy atom. The maximum Gasteiger partial charge on any atom is 0.274 e. The average Bonchev–Trinajstić information content (AvgIpc) is 3.30. The van der Waals surface area contributed by atoms with Gasteiger partial charge in [0.25, 0.3) is 11.3 Å². The Hall–Kier alpha value is -2.87. The Bertz CT molecular complexity index is 980. The molecular weight excluding hydrogens is 334 g/mol. The van der Waals surface area contributed by atoms with Crippen molar-refractivity contribution in [2.24, 2.45) is 0 Å². The standard InChI is InChI=1S/C18H21N5O3/c1-25-15-5-3-4-14(17(15)26-2)12-6-7-22(9-12)10-13-8-16(24)23-18(21-13)19-11-20-23/h3-5,8,11-12H,6-7,9-10H2,1-2H3,(H,19,20,21). The fourth-order valence-corrected chi connectivity index (χ4v) is 3.64. The molecule has 0 bridgehead atoms. The summed E-state index contributed by atoms with van der Waals surface area (Å²) in [7, 11) is 3.32. The van der Waals surface area contributed by atoms with Gasteiger partial charge < -0.3 is 9.47 Å². The van der Waals surface area contributed by atoms with E-state index in [-0.39, 0.29) is 5.56 Å². The topological polar surface area (TPSA) is 84.8 Å². The minimum atomic E-state index is -0.146. The third kappa shape index (κ3) is 2.92. The molecule has 0 radical (unpaired) electrons. The van der Waals surface area contributed by atoms with Crippen molar-refractivity contribution in [2.75, 3.05) is 27.3 Å². The van der Waals surface area contributed by atoms with Gasteiger partial charge in [0.2, 0.25) is 0 Å². The molecule has 1 saturated heterocycles. The van der Waals surface area contributed by atoms with E-state index < -0.39 is 0 Å². The number of para-hydroxylation sites is 1. The van der Waals surface area contributed by atoms with E-state index in [4.69, 9.17) is 9.47 Å². The maximum atomic E-state index is 12.1. The Kier molecular flexibility index (Phi) is 4.34. The molecule has 4 rings (SSSR count). The van der Waals surface area contributed by atoms with Crippen LogP contribution in [0.1, 0.15) is 23.6 Å².